The van der Waals surface area contributed by atoms with Crippen LogP contribution in [0.2, 0.25) is 0 Å². The SMILES string of the molecule is N=C(c1ccccc1)c1sc2ccccc2c1N. The van der Waals surface area contributed by atoms with Crippen LogP contribution in [-0.2, 0) is 0 Å². The maximum atomic E-state index is 8.27. The minimum atomic E-state index is 0.495. The summed E-state index contributed by atoms with van der Waals surface area (Å²) >= 11 is 1.58. The molecule has 18 heavy (non-hydrogen) atoms. The van der Waals surface area contributed by atoms with Crippen molar-refractivity contribution in [1.29, 1.82) is 5.41 Å². The molecule has 0 unspecified atom stereocenters. The maximum absolute atomic E-state index is 8.27. The molecule has 1 aromatic heterocycles. The van der Waals surface area contributed by atoms with Gasteiger partial charge in [0, 0.05) is 15.6 Å². The van der Waals surface area contributed by atoms with E-state index in [2.05, 4.69) is 0 Å². The van der Waals surface area contributed by atoms with Gasteiger partial charge in [-0.3, -0.25) is 5.41 Å². The molecule has 3 heteroatoms. The third-order valence-corrected chi connectivity index (χ3v) is 4.13. The van der Waals surface area contributed by atoms with Gasteiger partial charge in [0.25, 0.3) is 0 Å². The summed E-state index contributed by atoms with van der Waals surface area (Å²) < 4.78 is 1.13. The largest absolute Gasteiger partial charge is 0.397 e. The van der Waals surface area contributed by atoms with Crippen LogP contribution in [0.4, 0.5) is 5.69 Å². The van der Waals surface area contributed by atoms with Gasteiger partial charge in [-0.05, 0) is 6.07 Å². The fraction of sp³-hybridized carbons (Fsp3) is 0. The Morgan fingerprint density at radius 2 is 1.61 bits per heavy atom. The Kier molecular flexibility index (Phi) is 2.61. The lowest BCUT2D eigenvalue weighted by Crippen LogP contribution is -2.01. The van der Waals surface area contributed by atoms with Crippen molar-refractivity contribution in [2.24, 2.45) is 0 Å². The summed E-state index contributed by atoms with van der Waals surface area (Å²) in [4.78, 5) is 0.849. The lowest BCUT2D eigenvalue weighted by atomic mass is 10.1. The summed E-state index contributed by atoms with van der Waals surface area (Å²) in [5, 5.41) is 9.31. The van der Waals surface area contributed by atoms with E-state index in [9.17, 15) is 0 Å². The number of benzene rings is 2. The maximum Gasteiger partial charge on any atom is 0.0805 e. The van der Waals surface area contributed by atoms with Gasteiger partial charge in [-0.15, -0.1) is 11.3 Å². The second-order valence-electron chi connectivity index (χ2n) is 4.08. The van der Waals surface area contributed by atoms with E-state index >= 15 is 0 Å². The molecule has 0 aliphatic rings. The highest BCUT2D eigenvalue weighted by atomic mass is 32.1. The first-order valence-corrected chi connectivity index (χ1v) is 6.50. The Morgan fingerprint density at radius 3 is 2.33 bits per heavy atom. The average Bonchev–Trinajstić information content (AvgIpc) is 2.77. The Balaban J connectivity index is 2.15. The second-order valence-corrected chi connectivity index (χ2v) is 5.13. The summed E-state index contributed by atoms with van der Waals surface area (Å²) in [6.07, 6.45) is 0. The van der Waals surface area contributed by atoms with Gasteiger partial charge in [0.1, 0.15) is 0 Å². The van der Waals surface area contributed by atoms with E-state index in [1.807, 2.05) is 54.6 Å². The molecule has 88 valence electrons. The number of nitrogens with two attached hydrogens (primary N) is 1. The molecule has 0 radical (unpaired) electrons. The summed E-state index contributed by atoms with van der Waals surface area (Å²) in [5.74, 6) is 0. The zero-order valence-corrected chi connectivity index (χ0v) is 10.5. The molecule has 0 atom stereocenters. The van der Waals surface area contributed by atoms with Crippen molar-refractivity contribution in [2.75, 3.05) is 5.73 Å². The van der Waals surface area contributed by atoms with E-state index in [1.54, 1.807) is 11.3 Å². The van der Waals surface area contributed by atoms with Crippen LogP contribution in [0, 0.1) is 5.41 Å². The first kappa shape index (κ1) is 11.0. The van der Waals surface area contributed by atoms with Crippen LogP contribution < -0.4 is 5.73 Å². The Bertz CT molecular complexity index is 714. The number of hydrogen-bond donors (Lipinski definition) is 2. The zero-order valence-electron chi connectivity index (χ0n) is 9.68. The Morgan fingerprint density at radius 1 is 0.944 bits per heavy atom. The second kappa shape index (κ2) is 4.27. The van der Waals surface area contributed by atoms with Crippen molar-refractivity contribution in [2.45, 2.75) is 0 Å². The minimum absolute atomic E-state index is 0.495. The lowest BCUT2D eigenvalue weighted by Gasteiger charge is -2.02. The number of hydrogen-bond acceptors (Lipinski definition) is 3. The molecular formula is C15H12N2S. The van der Waals surface area contributed by atoms with Crippen LogP contribution in [0.3, 0.4) is 0 Å². The fourth-order valence-corrected chi connectivity index (χ4v) is 3.08. The van der Waals surface area contributed by atoms with Crippen LogP contribution >= 0.6 is 11.3 Å². The molecule has 0 amide bonds. The van der Waals surface area contributed by atoms with Crippen LogP contribution in [0.5, 0.6) is 0 Å². The first-order chi connectivity index (χ1) is 8.77. The molecule has 3 aromatic rings. The van der Waals surface area contributed by atoms with Crippen LogP contribution in [0.25, 0.3) is 10.1 Å². The van der Waals surface area contributed by atoms with E-state index in [4.69, 9.17) is 11.1 Å². The molecule has 0 bridgehead atoms. The van der Waals surface area contributed by atoms with Gasteiger partial charge in [0.15, 0.2) is 0 Å². The third kappa shape index (κ3) is 1.69. The smallest absolute Gasteiger partial charge is 0.0805 e. The van der Waals surface area contributed by atoms with Gasteiger partial charge in [-0.25, -0.2) is 0 Å². The predicted octanol–water partition coefficient (Wildman–Crippen LogP) is 3.90. The first-order valence-electron chi connectivity index (χ1n) is 5.68. The fourth-order valence-electron chi connectivity index (χ4n) is 1.99. The topological polar surface area (TPSA) is 49.9 Å². The van der Waals surface area contributed by atoms with Gasteiger partial charge in [0.2, 0.25) is 0 Å². The number of fused-ring (bicyclic) bond motifs is 1. The van der Waals surface area contributed by atoms with Crippen molar-refractivity contribution in [3.05, 3.63) is 65.0 Å². The van der Waals surface area contributed by atoms with E-state index in [0.717, 1.165) is 20.5 Å². The highest BCUT2D eigenvalue weighted by molar-refractivity contribution is 7.21. The number of nitrogen functional groups attached to an aromatic ring is 1. The van der Waals surface area contributed by atoms with Gasteiger partial charge < -0.3 is 5.73 Å². The summed E-state index contributed by atoms with van der Waals surface area (Å²) in [5.41, 5.74) is 8.25. The minimum Gasteiger partial charge on any atom is -0.397 e. The molecule has 3 N–H and O–H groups in total. The third-order valence-electron chi connectivity index (χ3n) is 2.92. The summed E-state index contributed by atoms with van der Waals surface area (Å²) in [7, 11) is 0. The highest BCUT2D eigenvalue weighted by Gasteiger charge is 2.14. The number of thiophene rings is 1. The molecule has 0 saturated heterocycles. The van der Waals surface area contributed by atoms with E-state index in [-0.39, 0.29) is 0 Å². The van der Waals surface area contributed by atoms with E-state index in [1.165, 1.54) is 0 Å². The van der Waals surface area contributed by atoms with E-state index in [0.29, 0.717) is 11.4 Å². The number of rotatable bonds is 2. The summed E-state index contributed by atoms with van der Waals surface area (Å²) in [6.45, 7) is 0. The van der Waals surface area contributed by atoms with Crippen molar-refractivity contribution in [1.82, 2.24) is 0 Å². The monoisotopic (exact) mass is 252 g/mol. The number of nitrogens with one attached hydrogen (secondary N) is 1. The quantitative estimate of drug-likeness (QED) is 0.668. The lowest BCUT2D eigenvalue weighted by molar-refractivity contribution is 1.48. The van der Waals surface area contributed by atoms with Gasteiger partial charge >= 0.3 is 0 Å². The van der Waals surface area contributed by atoms with Crippen LogP contribution in [0.1, 0.15) is 10.4 Å². The van der Waals surface area contributed by atoms with Crippen molar-refractivity contribution in [3.63, 3.8) is 0 Å². The molecule has 0 aliphatic carbocycles. The van der Waals surface area contributed by atoms with Crippen LogP contribution in [-0.4, -0.2) is 5.71 Å². The molecule has 3 rings (SSSR count). The van der Waals surface area contributed by atoms with Gasteiger partial charge in [0.05, 0.1) is 16.3 Å². The van der Waals surface area contributed by atoms with Crippen LogP contribution in [0.15, 0.2) is 54.6 Å². The molecule has 0 spiro atoms. The number of anilines is 1. The Hall–Kier alpha value is -2.13. The molecule has 2 aromatic carbocycles. The average molecular weight is 252 g/mol. The van der Waals surface area contributed by atoms with Crippen molar-refractivity contribution >= 4 is 32.8 Å². The molecule has 0 saturated carbocycles. The summed E-state index contributed by atoms with van der Waals surface area (Å²) in [6, 6.07) is 17.7. The van der Waals surface area contributed by atoms with Gasteiger partial charge in [-0.2, -0.15) is 0 Å². The Labute approximate surface area is 109 Å². The molecule has 0 fully saturated rings. The molecular weight excluding hydrogens is 240 g/mol. The standard InChI is InChI=1S/C15H12N2S/c16-13(10-6-2-1-3-7-10)15-14(17)11-8-4-5-9-12(11)18-15/h1-9,16H,17H2. The zero-order chi connectivity index (χ0) is 12.5. The highest BCUT2D eigenvalue weighted by Crippen LogP contribution is 2.34. The van der Waals surface area contributed by atoms with Crippen molar-refractivity contribution in [3.8, 4) is 0 Å². The van der Waals surface area contributed by atoms with E-state index < -0.39 is 0 Å². The van der Waals surface area contributed by atoms with Gasteiger partial charge in [-0.1, -0.05) is 48.5 Å². The van der Waals surface area contributed by atoms with Crippen molar-refractivity contribution < 1.29 is 0 Å². The molecule has 1 heterocycles. The molecule has 0 aliphatic heterocycles. The predicted molar refractivity (Wildman–Crippen MR) is 78.6 cm³/mol. The molecule has 2 nitrogen and oxygen atoms in total. The normalized spacial score (nSPS) is 10.7.